The van der Waals surface area contributed by atoms with Crippen LogP contribution in [0.1, 0.15) is 19.4 Å². The minimum atomic E-state index is -0.452. The fraction of sp³-hybridized carbons (Fsp3) is 0.128. The average Bonchev–Trinajstić information content (AvgIpc) is 3.79. The predicted molar refractivity (Wildman–Crippen MR) is 197 cm³/mol. The van der Waals surface area contributed by atoms with Crippen LogP contribution < -0.4 is 16.2 Å². The smallest absolute Gasteiger partial charge is 0.345 e. The minimum Gasteiger partial charge on any atom is -0.422 e. The van der Waals surface area contributed by atoms with Crippen LogP contribution in [0.5, 0.6) is 0 Å². The molecule has 0 aliphatic carbocycles. The lowest BCUT2D eigenvalue weighted by atomic mass is 10.0. The van der Waals surface area contributed by atoms with Crippen molar-refractivity contribution in [1.29, 1.82) is 0 Å². The molecule has 0 unspecified atom stereocenters. The summed E-state index contributed by atoms with van der Waals surface area (Å²) in [6.45, 7) is 7.97. The molecule has 9 heteroatoms. The summed E-state index contributed by atoms with van der Waals surface area (Å²) < 4.78 is 11.5. The molecule has 0 aliphatic rings. The Kier molecular flexibility index (Phi) is 7.50. The molecule has 0 aliphatic heterocycles. The van der Waals surface area contributed by atoms with Crippen LogP contribution in [0, 0.1) is 6.92 Å². The summed E-state index contributed by atoms with van der Waals surface area (Å²) in [7, 11) is 0. The maximum Gasteiger partial charge on any atom is 0.345 e. The van der Waals surface area contributed by atoms with E-state index in [1.54, 1.807) is 35.1 Å². The number of thiophene rings is 2. The van der Waals surface area contributed by atoms with Gasteiger partial charge in [0.2, 0.25) is 0 Å². The number of fused-ring (bicyclic) bond motifs is 4. The fourth-order valence-corrected chi connectivity index (χ4v) is 8.43. The van der Waals surface area contributed by atoms with Gasteiger partial charge in [0, 0.05) is 50.2 Å². The van der Waals surface area contributed by atoms with Crippen LogP contribution in [0.2, 0.25) is 0 Å². The van der Waals surface area contributed by atoms with Gasteiger partial charge in [-0.25, -0.2) is 9.59 Å². The molecule has 0 saturated heterocycles. The van der Waals surface area contributed by atoms with E-state index in [1.807, 2.05) is 79.7 Å². The topological polar surface area (TPSA) is 89.4 Å². The molecule has 48 heavy (non-hydrogen) atoms. The molecule has 3 aromatic carbocycles. The number of benzene rings is 3. The van der Waals surface area contributed by atoms with Crippen molar-refractivity contribution in [3.63, 3.8) is 0 Å². The van der Waals surface area contributed by atoms with Gasteiger partial charge in [0.05, 0.1) is 39.8 Å². The summed E-state index contributed by atoms with van der Waals surface area (Å²) >= 11 is 3.16. The predicted octanol–water partition coefficient (Wildman–Crippen LogP) is 9.79. The van der Waals surface area contributed by atoms with E-state index >= 15 is 0 Å². The number of hydrogen-bond donors (Lipinski definition) is 0. The van der Waals surface area contributed by atoms with Crippen LogP contribution in [0.15, 0.2) is 116 Å². The minimum absolute atomic E-state index is 0.332. The van der Waals surface area contributed by atoms with Crippen LogP contribution in [-0.4, -0.2) is 23.1 Å². The quantitative estimate of drug-likeness (QED) is 0.123. The van der Waals surface area contributed by atoms with E-state index in [-0.39, 0.29) is 5.63 Å². The molecule has 5 heterocycles. The molecule has 0 radical (unpaired) electrons. The van der Waals surface area contributed by atoms with Crippen LogP contribution in [0.25, 0.3) is 74.7 Å². The van der Waals surface area contributed by atoms with Crippen molar-refractivity contribution in [1.82, 2.24) is 9.97 Å². The van der Waals surface area contributed by atoms with Gasteiger partial charge < -0.3 is 13.7 Å². The van der Waals surface area contributed by atoms with Gasteiger partial charge in [-0.3, -0.25) is 9.97 Å². The monoisotopic (exact) mass is 667 g/mol. The Hall–Kier alpha value is -5.38. The molecular weight excluding hydrogens is 639 g/mol. The van der Waals surface area contributed by atoms with Gasteiger partial charge in [-0.15, -0.1) is 22.7 Å². The van der Waals surface area contributed by atoms with Gasteiger partial charge in [-0.05, 0) is 85.6 Å². The van der Waals surface area contributed by atoms with Crippen molar-refractivity contribution >= 4 is 61.1 Å². The normalized spacial score (nSPS) is 11.6. The van der Waals surface area contributed by atoms with E-state index < -0.39 is 5.63 Å². The molecule has 0 fully saturated rings. The fourth-order valence-electron chi connectivity index (χ4n) is 6.27. The molecule has 7 nitrogen and oxygen atoms in total. The highest BCUT2D eigenvalue weighted by molar-refractivity contribution is 7.25. The third-order valence-electron chi connectivity index (χ3n) is 8.80. The highest BCUT2D eigenvalue weighted by Crippen LogP contribution is 2.41. The summed E-state index contributed by atoms with van der Waals surface area (Å²) in [6.07, 6.45) is 3.31. The van der Waals surface area contributed by atoms with Crippen molar-refractivity contribution in [2.24, 2.45) is 0 Å². The molecule has 0 amide bonds. The Morgan fingerprint density at radius 2 is 1.33 bits per heavy atom. The van der Waals surface area contributed by atoms with Crippen molar-refractivity contribution in [2.75, 3.05) is 18.0 Å². The lowest BCUT2D eigenvalue weighted by Gasteiger charge is -2.21. The summed E-state index contributed by atoms with van der Waals surface area (Å²) in [6, 6.07) is 27.8. The molecular formula is C39H29N3O4S2. The number of aromatic nitrogens is 2. The van der Waals surface area contributed by atoms with Gasteiger partial charge in [-0.2, -0.15) is 0 Å². The number of anilines is 1. The van der Waals surface area contributed by atoms with Gasteiger partial charge in [0.15, 0.2) is 0 Å². The maximum atomic E-state index is 13.3. The van der Waals surface area contributed by atoms with Crippen LogP contribution in [0.4, 0.5) is 5.69 Å². The first-order valence-electron chi connectivity index (χ1n) is 15.7. The lowest BCUT2D eigenvalue weighted by Crippen LogP contribution is -2.21. The van der Waals surface area contributed by atoms with Crippen LogP contribution in [0.3, 0.4) is 0 Å². The standard InChI is InChI=1S/C39H29N3O4S2/c1-4-42(5-2)24-11-12-25-22(3)37(39(44)46-32(25)18-24)36-17-16-35(48-36)34-15-14-33(47-34)30-21-40-29(20-41-30)28-19-27-26-9-7-6-8-23(26)10-13-31(27)45-38(28)43/h6-21H,4-5H2,1-3H3. The van der Waals surface area contributed by atoms with E-state index in [9.17, 15) is 9.59 Å². The van der Waals surface area contributed by atoms with E-state index in [2.05, 4.69) is 40.8 Å². The second kappa shape index (κ2) is 12.0. The highest BCUT2D eigenvalue weighted by Gasteiger charge is 2.18. The highest BCUT2D eigenvalue weighted by atomic mass is 32.1. The third kappa shape index (κ3) is 5.12. The SMILES string of the molecule is CCN(CC)c1ccc2c(C)c(-c3ccc(-c4ccc(-c5cnc(-c6cc7c(ccc8ccccc87)oc6=O)cn5)s4)s3)c(=O)oc2c1. The molecule has 8 rings (SSSR count). The first-order valence-corrected chi connectivity index (χ1v) is 17.4. The zero-order valence-corrected chi connectivity index (χ0v) is 28.1. The zero-order chi connectivity index (χ0) is 32.9. The lowest BCUT2D eigenvalue weighted by molar-refractivity contribution is 0.562. The van der Waals surface area contributed by atoms with Crippen molar-refractivity contribution in [2.45, 2.75) is 20.8 Å². The zero-order valence-electron chi connectivity index (χ0n) is 26.4. The van der Waals surface area contributed by atoms with Crippen molar-refractivity contribution < 1.29 is 8.83 Å². The second-order valence-electron chi connectivity index (χ2n) is 11.5. The summed E-state index contributed by atoms with van der Waals surface area (Å²) in [5, 5.41) is 3.87. The number of aryl methyl sites for hydroxylation is 1. The summed E-state index contributed by atoms with van der Waals surface area (Å²) in [5.74, 6) is 0. The average molecular weight is 668 g/mol. The van der Waals surface area contributed by atoms with Crippen LogP contribution in [-0.2, 0) is 0 Å². The van der Waals surface area contributed by atoms with E-state index in [0.717, 1.165) is 65.4 Å². The van der Waals surface area contributed by atoms with Gasteiger partial charge in [0.25, 0.3) is 0 Å². The van der Waals surface area contributed by atoms with E-state index in [0.29, 0.717) is 33.7 Å². The van der Waals surface area contributed by atoms with Gasteiger partial charge in [0.1, 0.15) is 11.2 Å². The Balaban J connectivity index is 1.08. The molecule has 5 aromatic heterocycles. The first-order chi connectivity index (χ1) is 23.4. The molecule has 8 aromatic rings. The van der Waals surface area contributed by atoms with Gasteiger partial charge in [-0.1, -0.05) is 30.3 Å². The van der Waals surface area contributed by atoms with Crippen molar-refractivity contribution in [3.05, 3.63) is 124 Å². The summed E-state index contributed by atoms with van der Waals surface area (Å²) in [4.78, 5) is 41.6. The number of hydrogen-bond acceptors (Lipinski definition) is 9. The molecule has 236 valence electrons. The number of nitrogens with zero attached hydrogens (tertiary/aromatic N) is 3. The Labute approximate surface area is 283 Å². The van der Waals surface area contributed by atoms with E-state index in [1.165, 1.54) is 0 Å². The Morgan fingerprint density at radius 3 is 2.10 bits per heavy atom. The first kappa shape index (κ1) is 30.0. The van der Waals surface area contributed by atoms with Crippen LogP contribution >= 0.6 is 22.7 Å². The molecule has 0 saturated carbocycles. The second-order valence-corrected chi connectivity index (χ2v) is 13.7. The molecule has 0 spiro atoms. The Bertz CT molecular complexity index is 2610. The molecule has 0 N–H and O–H groups in total. The van der Waals surface area contributed by atoms with E-state index in [4.69, 9.17) is 8.83 Å². The summed E-state index contributed by atoms with van der Waals surface area (Å²) in [5.41, 5.74) is 4.44. The number of rotatable bonds is 7. The van der Waals surface area contributed by atoms with Gasteiger partial charge >= 0.3 is 11.3 Å². The molecule has 0 atom stereocenters. The Morgan fingerprint density at radius 1 is 0.646 bits per heavy atom. The van der Waals surface area contributed by atoms with Crippen molar-refractivity contribution in [3.8, 4) is 42.0 Å². The largest absolute Gasteiger partial charge is 0.422 e. The molecule has 0 bridgehead atoms. The maximum absolute atomic E-state index is 13.3. The third-order valence-corrected chi connectivity index (χ3v) is 11.2.